The maximum Gasteiger partial charge on any atom is 0.328 e. The van der Waals surface area contributed by atoms with Crippen LogP contribution in [0.15, 0.2) is 0 Å². The smallest absolute Gasteiger partial charge is 0.328 e. The van der Waals surface area contributed by atoms with Crippen LogP contribution < -0.4 is 10.6 Å². The second-order valence-electron chi connectivity index (χ2n) is 3.28. The van der Waals surface area contributed by atoms with E-state index in [-0.39, 0.29) is 18.0 Å². The molecule has 0 unspecified atom stereocenters. The lowest BCUT2D eigenvalue weighted by molar-refractivity contribution is -0.139. The molecule has 1 saturated heterocycles. The van der Waals surface area contributed by atoms with Crippen LogP contribution in [0.25, 0.3) is 0 Å². The van der Waals surface area contributed by atoms with E-state index >= 15 is 0 Å². The molecule has 1 aliphatic heterocycles. The molecule has 0 aromatic rings. The van der Waals surface area contributed by atoms with Gasteiger partial charge in [0.25, 0.3) is 0 Å². The molecule has 0 bridgehead atoms. The average molecular weight is 186 g/mol. The second-order valence-corrected chi connectivity index (χ2v) is 3.28. The van der Waals surface area contributed by atoms with Gasteiger partial charge < -0.3 is 15.4 Å². The van der Waals surface area contributed by atoms with E-state index in [9.17, 15) is 9.59 Å². The zero-order chi connectivity index (χ0) is 9.84. The summed E-state index contributed by atoms with van der Waals surface area (Å²) in [6, 6.07) is -0.727. The summed E-state index contributed by atoms with van der Waals surface area (Å²) in [5.74, 6) is -0.348. The molecule has 0 aromatic carbocycles. The highest BCUT2D eigenvalue weighted by Crippen LogP contribution is 2.04. The molecule has 0 aromatic heterocycles. The van der Waals surface area contributed by atoms with Crippen LogP contribution in [0.1, 0.15) is 20.3 Å². The Morgan fingerprint density at radius 3 is 2.77 bits per heavy atom. The zero-order valence-electron chi connectivity index (χ0n) is 7.79. The number of ether oxygens (including phenoxy) is 1. The van der Waals surface area contributed by atoms with Crippen molar-refractivity contribution in [3.63, 3.8) is 0 Å². The van der Waals surface area contributed by atoms with E-state index in [2.05, 4.69) is 15.4 Å². The van der Waals surface area contributed by atoms with Gasteiger partial charge in [0.15, 0.2) is 0 Å². The topological polar surface area (TPSA) is 67.4 Å². The maximum absolute atomic E-state index is 11.1. The van der Waals surface area contributed by atoms with Gasteiger partial charge in [-0.2, -0.15) is 0 Å². The van der Waals surface area contributed by atoms with Gasteiger partial charge in [0.1, 0.15) is 6.04 Å². The monoisotopic (exact) mass is 186 g/mol. The molecule has 0 spiro atoms. The third-order valence-corrected chi connectivity index (χ3v) is 1.66. The van der Waals surface area contributed by atoms with Crippen molar-refractivity contribution < 1.29 is 14.3 Å². The van der Waals surface area contributed by atoms with Crippen LogP contribution >= 0.6 is 0 Å². The Hall–Kier alpha value is -1.26. The molecule has 0 aliphatic carbocycles. The summed E-state index contributed by atoms with van der Waals surface area (Å²) < 4.78 is 4.69. The van der Waals surface area contributed by atoms with E-state index in [1.807, 2.05) is 13.8 Å². The van der Waals surface area contributed by atoms with E-state index in [1.54, 1.807) is 0 Å². The number of amides is 2. The first-order valence-electron chi connectivity index (χ1n) is 4.33. The molecule has 13 heavy (non-hydrogen) atoms. The minimum atomic E-state index is -0.473. The van der Waals surface area contributed by atoms with Crippen LogP contribution in [-0.2, 0) is 9.53 Å². The van der Waals surface area contributed by atoms with E-state index in [0.29, 0.717) is 13.0 Å². The highest BCUT2D eigenvalue weighted by Gasteiger charge is 2.27. The Bertz CT molecular complexity index is 215. The average Bonchev–Trinajstić information content (AvgIpc) is 2.34. The van der Waals surface area contributed by atoms with Crippen LogP contribution in [0.5, 0.6) is 0 Å². The summed E-state index contributed by atoms with van der Waals surface area (Å²) in [4.78, 5) is 22.1. The van der Waals surface area contributed by atoms with Crippen molar-refractivity contribution in [1.82, 2.24) is 10.6 Å². The van der Waals surface area contributed by atoms with Crippen molar-refractivity contribution in [2.24, 2.45) is 0 Å². The van der Waals surface area contributed by atoms with Crippen molar-refractivity contribution >= 4 is 12.0 Å². The third kappa shape index (κ3) is 2.93. The Kier molecular flexibility index (Phi) is 3.11. The van der Waals surface area contributed by atoms with Crippen molar-refractivity contribution in [1.29, 1.82) is 0 Å². The Morgan fingerprint density at radius 1 is 1.62 bits per heavy atom. The first-order chi connectivity index (χ1) is 6.09. The van der Waals surface area contributed by atoms with Crippen molar-refractivity contribution in [2.75, 3.05) is 6.61 Å². The van der Waals surface area contributed by atoms with E-state index < -0.39 is 6.04 Å². The van der Waals surface area contributed by atoms with Crippen molar-refractivity contribution in [3.8, 4) is 0 Å². The molecule has 1 aliphatic rings. The summed E-state index contributed by atoms with van der Waals surface area (Å²) in [5.41, 5.74) is 0. The van der Waals surface area contributed by atoms with Gasteiger partial charge in [-0.25, -0.2) is 9.59 Å². The van der Waals surface area contributed by atoms with Gasteiger partial charge in [-0.1, -0.05) is 0 Å². The van der Waals surface area contributed by atoms with Gasteiger partial charge in [-0.3, -0.25) is 0 Å². The molecule has 74 valence electrons. The molecule has 5 nitrogen and oxygen atoms in total. The first-order valence-corrected chi connectivity index (χ1v) is 4.33. The Labute approximate surface area is 76.8 Å². The lowest BCUT2D eigenvalue weighted by Crippen LogP contribution is -2.46. The van der Waals surface area contributed by atoms with E-state index in [1.165, 1.54) is 0 Å². The molecule has 1 heterocycles. The molecule has 0 saturated carbocycles. The lowest BCUT2D eigenvalue weighted by Gasteiger charge is -2.12. The predicted octanol–water partition coefficient (Wildman–Crippen LogP) is 0.00950. The van der Waals surface area contributed by atoms with Crippen molar-refractivity contribution in [3.05, 3.63) is 0 Å². The molecule has 5 heteroatoms. The Balaban J connectivity index is 2.31. The fraction of sp³-hybridized carbons (Fsp3) is 0.750. The fourth-order valence-electron chi connectivity index (χ4n) is 1.09. The highest BCUT2D eigenvalue weighted by atomic mass is 16.5. The normalized spacial score (nSPS) is 21.5. The van der Waals surface area contributed by atoms with Crippen molar-refractivity contribution in [2.45, 2.75) is 32.4 Å². The third-order valence-electron chi connectivity index (χ3n) is 1.66. The molecular weight excluding hydrogens is 172 g/mol. The van der Waals surface area contributed by atoms with Gasteiger partial charge in [-0.15, -0.1) is 0 Å². The molecular formula is C8H14N2O3. The number of nitrogens with one attached hydrogen (secondary N) is 2. The molecule has 1 atom stereocenters. The molecule has 2 amide bonds. The van der Waals surface area contributed by atoms with E-state index in [4.69, 9.17) is 0 Å². The Morgan fingerprint density at radius 2 is 2.31 bits per heavy atom. The minimum absolute atomic E-state index is 0.0671. The fourth-order valence-corrected chi connectivity index (χ4v) is 1.09. The molecule has 1 fully saturated rings. The van der Waals surface area contributed by atoms with E-state index in [0.717, 1.165) is 0 Å². The number of esters is 1. The molecule has 1 rings (SSSR count). The number of rotatable bonds is 2. The number of hydrogen-bond acceptors (Lipinski definition) is 3. The van der Waals surface area contributed by atoms with Gasteiger partial charge >= 0.3 is 12.0 Å². The molecule has 0 radical (unpaired) electrons. The van der Waals surface area contributed by atoms with Crippen LogP contribution in [0.2, 0.25) is 0 Å². The number of carbonyl (C=O) groups excluding carboxylic acids is 2. The van der Waals surface area contributed by atoms with Gasteiger partial charge in [0.05, 0.1) is 6.61 Å². The van der Waals surface area contributed by atoms with Crippen LogP contribution in [0, 0.1) is 0 Å². The number of hydrogen-bond donors (Lipinski definition) is 2. The van der Waals surface area contributed by atoms with Gasteiger partial charge in [0.2, 0.25) is 0 Å². The summed E-state index contributed by atoms with van der Waals surface area (Å²) in [5, 5.41) is 5.17. The maximum atomic E-state index is 11.1. The SMILES string of the molecule is CC(C)NC(=O)N[C@H]1CCOC1=O. The van der Waals surface area contributed by atoms with Gasteiger partial charge in [0, 0.05) is 12.5 Å². The highest BCUT2D eigenvalue weighted by molar-refractivity contribution is 5.84. The van der Waals surface area contributed by atoms with Crippen LogP contribution in [0.4, 0.5) is 4.79 Å². The first kappa shape index (κ1) is 9.83. The molecule has 2 N–H and O–H groups in total. The predicted molar refractivity (Wildman–Crippen MR) is 46.2 cm³/mol. The minimum Gasteiger partial charge on any atom is -0.464 e. The summed E-state index contributed by atoms with van der Waals surface area (Å²) >= 11 is 0. The number of cyclic esters (lactones) is 1. The zero-order valence-corrected chi connectivity index (χ0v) is 7.79. The number of carbonyl (C=O) groups is 2. The van der Waals surface area contributed by atoms with Crippen LogP contribution in [0.3, 0.4) is 0 Å². The summed E-state index contributed by atoms with van der Waals surface area (Å²) in [6.45, 7) is 4.10. The lowest BCUT2D eigenvalue weighted by atomic mass is 10.2. The largest absolute Gasteiger partial charge is 0.464 e. The van der Waals surface area contributed by atoms with Crippen LogP contribution in [-0.4, -0.2) is 30.7 Å². The van der Waals surface area contributed by atoms with Gasteiger partial charge in [-0.05, 0) is 13.8 Å². The second kappa shape index (κ2) is 4.11. The summed E-state index contributed by atoms with van der Waals surface area (Å²) in [6.07, 6.45) is 0.560. The standard InChI is InChI=1S/C8H14N2O3/c1-5(2)9-8(12)10-6-3-4-13-7(6)11/h5-6H,3-4H2,1-2H3,(H2,9,10,12)/t6-/m0/s1. The number of urea groups is 1. The summed E-state index contributed by atoms with van der Waals surface area (Å²) in [7, 11) is 0. The quantitative estimate of drug-likeness (QED) is 0.597.